The Kier molecular flexibility index (Phi) is 8.24. The predicted molar refractivity (Wildman–Crippen MR) is 113 cm³/mol. The topological polar surface area (TPSA) is 0 Å². The molecule has 4 unspecified atom stereocenters. The quantitative estimate of drug-likeness (QED) is 0.574. The van der Waals surface area contributed by atoms with E-state index in [9.17, 15) is 0 Å². The molecule has 0 radical (unpaired) electrons. The Labute approximate surface area is 155 Å². The first-order chi connectivity index (χ1) is 10.5. The molecule has 0 amide bonds. The van der Waals surface area contributed by atoms with Gasteiger partial charge in [-0.25, -0.2) is 0 Å². The molecule has 2 rings (SSSR count). The molecular weight excluding hydrogens is 344 g/mol. The summed E-state index contributed by atoms with van der Waals surface area (Å²) in [6.45, 7) is 4.99. The van der Waals surface area contributed by atoms with Crippen LogP contribution in [0.4, 0.5) is 0 Å². The normalized spacial score (nSPS) is 46.6. The van der Waals surface area contributed by atoms with Crippen LogP contribution >= 0.6 is 47.0 Å². The van der Waals surface area contributed by atoms with Gasteiger partial charge >= 0.3 is 0 Å². The lowest BCUT2D eigenvalue weighted by atomic mass is 9.69. The molecular formula is C18H34S4. The van der Waals surface area contributed by atoms with Crippen LogP contribution in [0.5, 0.6) is 0 Å². The van der Waals surface area contributed by atoms with Gasteiger partial charge in [0.05, 0.1) is 0 Å². The van der Waals surface area contributed by atoms with E-state index in [1.54, 1.807) is 0 Å². The lowest BCUT2D eigenvalue weighted by Gasteiger charge is -2.47. The molecule has 2 aliphatic carbocycles. The lowest BCUT2D eigenvalue weighted by Crippen LogP contribution is -2.42. The van der Waals surface area contributed by atoms with Gasteiger partial charge in [0.15, 0.2) is 0 Å². The molecule has 2 aliphatic rings. The van der Waals surface area contributed by atoms with Crippen LogP contribution < -0.4 is 0 Å². The highest BCUT2D eigenvalue weighted by molar-refractivity contribution is 8.00. The van der Waals surface area contributed by atoms with Crippen LogP contribution in [0, 0.1) is 23.7 Å². The first-order valence-corrected chi connectivity index (χ1v) is 13.8. The van der Waals surface area contributed by atoms with E-state index in [1.807, 2.05) is 0 Å². The van der Waals surface area contributed by atoms with Crippen LogP contribution in [0.25, 0.3) is 0 Å². The van der Waals surface area contributed by atoms with E-state index in [-0.39, 0.29) is 0 Å². The van der Waals surface area contributed by atoms with Gasteiger partial charge in [-0.2, -0.15) is 47.0 Å². The minimum atomic E-state index is 0.885. The number of hydrogen-bond acceptors (Lipinski definition) is 4. The summed E-state index contributed by atoms with van der Waals surface area (Å²) in [5.41, 5.74) is 0. The fourth-order valence-electron chi connectivity index (χ4n) is 4.74. The van der Waals surface area contributed by atoms with Crippen molar-refractivity contribution in [2.45, 2.75) is 60.5 Å². The highest BCUT2D eigenvalue weighted by Gasteiger charge is 2.42. The highest BCUT2D eigenvalue weighted by atomic mass is 32.2. The van der Waals surface area contributed by atoms with Gasteiger partial charge < -0.3 is 0 Å². The third-order valence-electron chi connectivity index (χ3n) is 6.36. The van der Waals surface area contributed by atoms with Crippen molar-refractivity contribution in [2.24, 2.45) is 23.7 Å². The SMILES string of the molecule is CSC1CC(C2CC(SC)C(C)C(SC)C2)CC(SC)C1C. The number of thioether (sulfide) groups is 4. The summed E-state index contributed by atoms with van der Waals surface area (Å²) in [6, 6.07) is 0. The Morgan fingerprint density at radius 1 is 0.500 bits per heavy atom. The van der Waals surface area contributed by atoms with E-state index < -0.39 is 0 Å². The van der Waals surface area contributed by atoms with Crippen LogP contribution in [0.15, 0.2) is 0 Å². The van der Waals surface area contributed by atoms with Gasteiger partial charge in [0.25, 0.3) is 0 Å². The molecule has 4 heteroatoms. The summed E-state index contributed by atoms with van der Waals surface area (Å²) in [4.78, 5) is 0. The standard InChI is InChI=1S/C18H34S4/c1-11-15(19-3)7-13(8-16(11)20-4)14-9-17(21-5)12(2)18(10-14)22-6/h11-18H,7-10H2,1-6H3. The van der Waals surface area contributed by atoms with Gasteiger partial charge in [-0.15, -0.1) is 0 Å². The van der Waals surface area contributed by atoms with Gasteiger partial charge in [-0.05, 0) is 74.4 Å². The molecule has 0 aromatic carbocycles. The number of hydrogen-bond donors (Lipinski definition) is 0. The van der Waals surface area contributed by atoms with Crippen LogP contribution in [0.3, 0.4) is 0 Å². The molecule has 0 bridgehead atoms. The zero-order valence-corrected chi connectivity index (χ0v) is 18.3. The molecule has 4 atom stereocenters. The largest absolute Gasteiger partial charge is 0.162 e. The Morgan fingerprint density at radius 2 is 0.727 bits per heavy atom. The van der Waals surface area contributed by atoms with E-state index in [0.717, 1.165) is 44.7 Å². The van der Waals surface area contributed by atoms with Crippen molar-refractivity contribution >= 4 is 47.0 Å². The van der Waals surface area contributed by atoms with Gasteiger partial charge in [0.2, 0.25) is 0 Å². The van der Waals surface area contributed by atoms with Crippen molar-refractivity contribution < 1.29 is 0 Å². The Bertz CT molecular complexity index is 275. The molecule has 130 valence electrons. The maximum Gasteiger partial charge on any atom is 0.00832 e. The molecule has 0 saturated heterocycles. The zero-order chi connectivity index (χ0) is 16.3. The van der Waals surface area contributed by atoms with Crippen LogP contribution in [-0.4, -0.2) is 46.0 Å². The summed E-state index contributed by atoms with van der Waals surface area (Å²) >= 11 is 8.52. The summed E-state index contributed by atoms with van der Waals surface area (Å²) in [6.07, 6.45) is 15.2. The van der Waals surface area contributed by atoms with Crippen molar-refractivity contribution in [3.05, 3.63) is 0 Å². The van der Waals surface area contributed by atoms with Crippen molar-refractivity contribution in [2.75, 3.05) is 25.0 Å². The fourth-order valence-corrected chi connectivity index (χ4v) is 9.17. The molecule has 0 N–H and O–H groups in total. The second-order valence-electron chi connectivity index (χ2n) is 7.28. The Balaban J connectivity index is 2.09. The molecule has 0 heterocycles. The van der Waals surface area contributed by atoms with Gasteiger partial charge in [-0.1, -0.05) is 13.8 Å². The van der Waals surface area contributed by atoms with Crippen LogP contribution in [0.1, 0.15) is 39.5 Å². The Hall–Kier alpha value is 1.40. The molecule has 2 saturated carbocycles. The van der Waals surface area contributed by atoms with Crippen molar-refractivity contribution in [1.29, 1.82) is 0 Å². The second-order valence-corrected chi connectivity index (χ2v) is 11.6. The molecule has 0 aromatic heterocycles. The van der Waals surface area contributed by atoms with Crippen LogP contribution in [-0.2, 0) is 0 Å². The summed E-state index contributed by atoms with van der Waals surface area (Å²) in [5, 5.41) is 3.54. The van der Waals surface area contributed by atoms with Crippen molar-refractivity contribution in [3.63, 3.8) is 0 Å². The third kappa shape index (κ3) is 4.32. The van der Waals surface area contributed by atoms with Crippen molar-refractivity contribution in [3.8, 4) is 0 Å². The summed E-state index contributed by atoms with van der Waals surface area (Å²) < 4.78 is 0. The van der Waals surface area contributed by atoms with E-state index in [2.05, 4.69) is 85.9 Å². The maximum atomic E-state index is 2.50. The van der Waals surface area contributed by atoms with Gasteiger partial charge in [0, 0.05) is 21.0 Å². The zero-order valence-electron chi connectivity index (χ0n) is 15.1. The molecule has 0 aliphatic heterocycles. The number of rotatable bonds is 5. The first kappa shape index (κ1) is 19.7. The van der Waals surface area contributed by atoms with Crippen molar-refractivity contribution in [1.82, 2.24) is 0 Å². The minimum Gasteiger partial charge on any atom is -0.162 e. The molecule has 0 aromatic rings. The average molecular weight is 379 g/mol. The first-order valence-electron chi connectivity index (χ1n) is 8.66. The predicted octanol–water partition coefficient (Wildman–Crippen LogP) is 6.01. The molecule has 2 fully saturated rings. The summed E-state index contributed by atoms with van der Waals surface area (Å²) in [5.74, 6) is 3.72. The van der Waals surface area contributed by atoms with E-state index in [0.29, 0.717) is 0 Å². The second kappa shape index (κ2) is 9.20. The lowest BCUT2D eigenvalue weighted by molar-refractivity contribution is 0.170. The monoisotopic (exact) mass is 378 g/mol. The Morgan fingerprint density at radius 3 is 0.909 bits per heavy atom. The third-order valence-corrected chi connectivity index (χ3v) is 11.3. The van der Waals surface area contributed by atoms with Gasteiger partial charge in [-0.3, -0.25) is 0 Å². The van der Waals surface area contributed by atoms with E-state index in [1.165, 1.54) is 25.7 Å². The van der Waals surface area contributed by atoms with Gasteiger partial charge in [0.1, 0.15) is 0 Å². The molecule has 0 nitrogen and oxygen atoms in total. The fraction of sp³-hybridized carbons (Fsp3) is 1.00. The average Bonchev–Trinajstić information content (AvgIpc) is 2.55. The van der Waals surface area contributed by atoms with Crippen LogP contribution in [0.2, 0.25) is 0 Å². The molecule has 0 spiro atoms. The van der Waals surface area contributed by atoms with E-state index in [4.69, 9.17) is 0 Å². The van der Waals surface area contributed by atoms with E-state index >= 15 is 0 Å². The smallest absolute Gasteiger partial charge is 0.00832 e. The minimum absolute atomic E-state index is 0.885. The summed E-state index contributed by atoms with van der Waals surface area (Å²) in [7, 11) is 0. The highest BCUT2D eigenvalue weighted by Crippen LogP contribution is 2.49. The molecule has 22 heavy (non-hydrogen) atoms. The maximum absolute atomic E-state index is 2.50.